The van der Waals surface area contributed by atoms with Gasteiger partial charge in [-0.15, -0.1) is 0 Å². The van der Waals surface area contributed by atoms with Crippen LogP contribution in [0.2, 0.25) is 5.02 Å². The summed E-state index contributed by atoms with van der Waals surface area (Å²) in [6.45, 7) is 0. The first-order valence-electron chi connectivity index (χ1n) is 6.52. The standard InChI is InChI=1S/C15H13ClFNO5S/c1-22-14-8-10(16)4-6-13(14)23-12-5-3-9(7-11(12)17)15(19)18-24(2,20)21/h3-8H,1-2H3,(H,18,19). The molecule has 0 saturated heterocycles. The molecule has 0 aliphatic rings. The minimum absolute atomic E-state index is 0.159. The van der Waals surface area contributed by atoms with Crippen LogP contribution in [-0.4, -0.2) is 27.7 Å². The van der Waals surface area contributed by atoms with Gasteiger partial charge in [-0.05, 0) is 30.3 Å². The average molecular weight is 374 g/mol. The maximum Gasteiger partial charge on any atom is 0.264 e. The van der Waals surface area contributed by atoms with Gasteiger partial charge in [0.1, 0.15) is 0 Å². The molecule has 2 aromatic carbocycles. The molecule has 0 atom stereocenters. The summed E-state index contributed by atoms with van der Waals surface area (Å²) in [5, 5.41) is 0.424. The first kappa shape index (κ1) is 18.0. The molecular formula is C15H13ClFNO5S. The van der Waals surface area contributed by atoms with Gasteiger partial charge in [0.15, 0.2) is 23.1 Å². The number of amides is 1. The number of hydrogen-bond donors (Lipinski definition) is 1. The Labute approximate surface area is 143 Å². The minimum Gasteiger partial charge on any atom is -0.493 e. The van der Waals surface area contributed by atoms with Gasteiger partial charge < -0.3 is 9.47 Å². The predicted octanol–water partition coefficient (Wildman–Crippen LogP) is 2.97. The second kappa shape index (κ2) is 7.06. The highest BCUT2D eigenvalue weighted by Gasteiger charge is 2.15. The Morgan fingerprint density at radius 1 is 1.12 bits per heavy atom. The first-order valence-corrected chi connectivity index (χ1v) is 8.79. The van der Waals surface area contributed by atoms with Gasteiger partial charge in [0.05, 0.1) is 13.4 Å². The SMILES string of the molecule is COc1cc(Cl)ccc1Oc1ccc(C(=O)NS(C)(=O)=O)cc1F. The lowest BCUT2D eigenvalue weighted by atomic mass is 10.2. The monoisotopic (exact) mass is 373 g/mol. The third-order valence-corrected chi connectivity index (χ3v) is 3.61. The van der Waals surface area contributed by atoms with Crippen molar-refractivity contribution in [2.45, 2.75) is 0 Å². The highest BCUT2D eigenvalue weighted by Crippen LogP contribution is 2.34. The van der Waals surface area contributed by atoms with Gasteiger partial charge in [0.2, 0.25) is 10.0 Å². The van der Waals surface area contributed by atoms with E-state index in [9.17, 15) is 17.6 Å². The van der Waals surface area contributed by atoms with Crippen molar-refractivity contribution in [2.75, 3.05) is 13.4 Å². The molecule has 0 fully saturated rings. The summed E-state index contributed by atoms with van der Waals surface area (Å²) in [6, 6.07) is 7.87. The fourth-order valence-corrected chi connectivity index (χ4v) is 2.41. The lowest BCUT2D eigenvalue weighted by Crippen LogP contribution is -2.29. The number of benzene rings is 2. The van der Waals surface area contributed by atoms with E-state index >= 15 is 0 Å². The Kier molecular flexibility index (Phi) is 5.30. The van der Waals surface area contributed by atoms with Crippen LogP contribution in [0.5, 0.6) is 17.2 Å². The Morgan fingerprint density at radius 3 is 2.38 bits per heavy atom. The van der Waals surface area contributed by atoms with Gasteiger partial charge in [-0.1, -0.05) is 11.6 Å². The highest BCUT2D eigenvalue weighted by molar-refractivity contribution is 7.89. The van der Waals surface area contributed by atoms with Crippen LogP contribution in [0.25, 0.3) is 0 Å². The van der Waals surface area contributed by atoms with Gasteiger partial charge in [0, 0.05) is 16.7 Å². The van der Waals surface area contributed by atoms with Crippen molar-refractivity contribution in [3.63, 3.8) is 0 Å². The average Bonchev–Trinajstić information content (AvgIpc) is 2.49. The maximum absolute atomic E-state index is 14.1. The van der Waals surface area contributed by atoms with Crippen LogP contribution in [-0.2, 0) is 10.0 Å². The van der Waals surface area contributed by atoms with Crippen LogP contribution in [0, 0.1) is 5.82 Å². The molecule has 0 aliphatic carbocycles. The van der Waals surface area contributed by atoms with Crippen molar-refractivity contribution >= 4 is 27.5 Å². The molecule has 1 amide bonds. The smallest absolute Gasteiger partial charge is 0.264 e. The van der Waals surface area contributed by atoms with Gasteiger partial charge >= 0.3 is 0 Å². The number of rotatable bonds is 5. The molecule has 2 aromatic rings. The molecule has 128 valence electrons. The van der Waals surface area contributed by atoms with Crippen molar-refractivity contribution in [1.29, 1.82) is 0 Å². The van der Waals surface area contributed by atoms with Gasteiger partial charge in [-0.3, -0.25) is 4.79 Å². The zero-order valence-corrected chi connectivity index (χ0v) is 14.2. The van der Waals surface area contributed by atoms with Crippen molar-refractivity contribution in [3.8, 4) is 17.2 Å². The van der Waals surface area contributed by atoms with E-state index < -0.39 is 21.7 Å². The molecule has 6 nitrogen and oxygen atoms in total. The number of hydrogen-bond acceptors (Lipinski definition) is 5. The Balaban J connectivity index is 2.26. The fourth-order valence-electron chi connectivity index (χ4n) is 1.80. The first-order chi connectivity index (χ1) is 11.2. The van der Waals surface area contributed by atoms with Crippen LogP contribution in [0.1, 0.15) is 10.4 Å². The van der Waals surface area contributed by atoms with Crippen LogP contribution in [0.4, 0.5) is 4.39 Å². The topological polar surface area (TPSA) is 81.7 Å². The summed E-state index contributed by atoms with van der Waals surface area (Å²) in [4.78, 5) is 11.7. The van der Waals surface area contributed by atoms with Gasteiger partial charge in [-0.2, -0.15) is 0 Å². The molecule has 0 bridgehead atoms. The molecule has 0 unspecified atom stereocenters. The van der Waals surface area contributed by atoms with Crippen LogP contribution >= 0.6 is 11.6 Å². The lowest BCUT2D eigenvalue weighted by Gasteiger charge is -2.12. The molecule has 24 heavy (non-hydrogen) atoms. The van der Waals surface area contributed by atoms with E-state index in [2.05, 4.69) is 0 Å². The summed E-state index contributed by atoms with van der Waals surface area (Å²) in [7, 11) is -2.33. The zero-order valence-electron chi connectivity index (χ0n) is 12.7. The van der Waals surface area contributed by atoms with E-state index in [1.807, 2.05) is 0 Å². The number of carbonyl (C=O) groups excluding carboxylic acids is 1. The van der Waals surface area contributed by atoms with E-state index in [1.54, 1.807) is 10.8 Å². The summed E-state index contributed by atoms with van der Waals surface area (Å²) < 4.78 is 48.4. The summed E-state index contributed by atoms with van der Waals surface area (Å²) in [5.74, 6) is -1.40. The molecule has 0 spiro atoms. The van der Waals surface area contributed by atoms with Crippen molar-refractivity contribution in [1.82, 2.24) is 4.72 Å². The Morgan fingerprint density at radius 2 is 1.79 bits per heavy atom. The van der Waals surface area contributed by atoms with Crippen LogP contribution in [0.3, 0.4) is 0 Å². The molecular weight excluding hydrogens is 361 g/mol. The number of nitrogens with one attached hydrogen (secondary N) is 1. The Hall–Kier alpha value is -2.32. The number of methoxy groups -OCH3 is 1. The van der Waals surface area contributed by atoms with E-state index in [0.29, 0.717) is 10.8 Å². The molecule has 0 saturated carbocycles. The number of halogens is 2. The molecule has 0 radical (unpaired) electrons. The molecule has 0 heterocycles. The molecule has 9 heteroatoms. The Bertz CT molecular complexity index is 885. The van der Waals surface area contributed by atoms with Crippen molar-refractivity contribution in [3.05, 3.63) is 52.8 Å². The second-order valence-corrected chi connectivity index (χ2v) is 6.93. The van der Waals surface area contributed by atoms with Crippen molar-refractivity contribution in [2.24, 2.45) is 0 Å². The highest BCUT2D eigenvalue weighted by atomic mass is 35.5. The van der Waals surface area contributed by atoms with Gasteiger partial charge in [-0.25, -0.2) is 17.5 Å². The van der Waals surface area contributed by atoms with Crippen LogP contribution < -0.4 is 14.2 Å². The normalized spacial score (nSPS) is 11.0. The fraction of sp³-hybridized carbons (Fsp3) is 0.133. The molecule has 0 aliphatic heterocycles. The second-order valence-electron chi connectivity index (χ2n) is 4.75. The summed E-state index contributed by atoms with van der Waals surface area (Å²) in [6.07, 6.45) is 0.825. The minimum atomic E-state index is -3.74. The summed E-state index contributed by atoms with van der Waals surface area (Å²) >= 11 is 5.84. The third kappa shape index (κ3) is 4.59. The lowest BCUT2D eigenvalue weighted by molar-refractivity contribution is 0.0981. The summed E-state index contributed by atoms with van der Waals surface area (Å²) in [5.41, 5.74) is -0.159. The van der Waals surface area contributed by atoms with Crippen molar-refractivity contribution < 1.29 is 27.1 Å². The molecule has 2 rings (SSSR count). The number of sulfonamides is 1. The number of ether oxygens (including phenoxy) is 2. The molecule has 0 aromatic heterocycles. The van der Waals surface area contributed by atoms with E-state index in [0.717, 1.165) is 12.3 Å². The third-order valence-electron chi connectivity index (χ3n) is 2.82. The maximum atomic E-state index is 14.1. The largest absolute Gasteiger partial charge is 0.493 e. The zero-order chi connectivity index (χ0) is 17.9. The van der Waals surface area contributed by atoms with E-state index in [1.165, 1.54) is 31.4 Å². The predicted molar refractivity (Wildman–Crippen MR) is 86.8 cm³/mol. The van der Waals surface area contributed by atoms with E-state index in [-0.39, 0.29) is 17.1 Å². The quantitative estimate of drug-likeness (QED) is 0.871. The molecule has 1 N–H and O–H groups in total. The van der Waals surface area contributed by atoms with Gasteiger partial charge in [0.25, 0.3) is 5.91 Å². The van der Waals surface area contributed by atoms with Crippen LogP contribution in [0.15, 0.2) is 36.4 Å². The number of carbonyl (C=O) groups is 1. The van der Waals surface area contributed by atoms with E-state index in [4.69, 9.17) is 21.1 Å².